The van der Waals surface area contributed by atoms with Crippen LogP contribution in [0.15, 0.2) is 0 Å². The molecule has 17 heavy (non-hydrogen) atoms. The largest absolute Gasteiger partial charge is 0.366 e. The maximum Gasteiger partial charge on any atom is 0.256 e. The van der Waals surface area contributed by atoms with E-state index in [1.54, 1.807) is 0 Å². The molecule has 1 aliphatic heterocycles. The zero-order valence-corrected chi connectivity index (χ0v) is 11.1. The lowest BCUT2D eigenvalue weighted by atomic mass is 10.3. The third-order valence-corrected chi connectivity index (χ3v) is 3.20. The van der Waals surface area contributed by atoms with Crippen LogP contribution in [0.2, 0.25) is 0 Å². The van der Waals surface area contributed by atoms with Gasteiger partial charge in [-0.3, -0.25) is 10.1 Å². The van der Waals surface area contributed by atoms with Gasteiger partial charge >= 0.3 is 0 Å². The number of morpholine rings is 1. The van der Waals surface area contributed by atoms with Crippen LogP contribution in [0.1, 0.15) is 11.9 Å². The second kappa shape index (κ2) is 6.85. The molecule has 6 nitrogen and oxygen atoms in total. The summed E-state index contributed by atoms with van der Waals surface area (Å²) in [5.41, 5.74) is 0. The highest BCUT2D eigenvalue weighted by Gasteiger charge is 2.22. The number of carbonyl (C=O) groups is 1. The van der Waals surface area contributed by atoms with E-state index >= 15 is 0 Å². The first kappa shape index (κ1) is 14.3. The normalized spacial score (nSPS) is 19.5. The van der Waals surface area contributed by atoms with Crippen LogP contribution in [0.3, 0.4) is 0 Å². The summed E-state index contributed by atoms with van der Waals surface area (Å²) in [7, 11) is 0. The van der Waals surface area contributed by atoms with Crippen LogP contribution in [-0.2, 0) is 16.0 Å². The van der Waals surface area contributed by atoms with Gasteiger partial charge in [0, 0.05) is 13.1 Å². The van der Waals surface area contributed by atoms with Crippen molar-refractivity contribution in [1.82, 2.24) is 15.5 Å². The minimum absolute atomic E-state index is 0. The molecule has 1 amide bonds. The Balaban J connectivity index is 0.00000144. The molecule has 2 heterocycles. The third kappa shape index (κ3) is 3.88. The number of nitrogens with one attached hydrogen (secondary N) is 2. The molecular weight excluding hydrogens is 264 g/mol. The van der Waals surface area contributed by atoms with Crippen molar-refractivity contribution in [2.75, 3.05) is 25.0 Å². The van der Waals surface area contributed by atoms with Crippen LogP contribution in [0, 0.1) is 0 Å². The molecule has 96 valence electrons. The van der Waals surface area contributed by atoms with Gasteiger partial charge < -0.3 is 10.1 Å². The van der Waals surface area contributed by atoms with E-state index in [-0.39, 0.29) is 18.3 Å². The van der Waals surface area contributed by atoms with Gasteiger partial charge in [0.25, 0.3) is 5.91 Å². The highest BCUT2D eigenvalue weighted by atomic mass is 35.5. The van der Waals surface area contributed by atoms with Crippen molar-refractivity contribution in [3.8, 4) is 0 Å². The molecule has 1 unspecified atom stereocenters. The summed E-state index contributed by atoms with van der Waals surface area (Å²) in [6.45, 7) is 3.91. The van der Waals surface area contributed by atoms with Gasteiger partial charge in [-0.25, -0.2) is 0 Å². The lowest BCUT2D eigenvalue weighted by Crippen LogP contribution is -2.45. The molecule has 1 saturated heterocycles. The average Bonchev–Trinajstić information content (AvgIpc) is 2.78. The molecule has 2 N–H and O–H groups in total. The molecule has 1 atom stereocenters. The molecule has 0 spiro atoms. The Morgan fingerprint density at radius 1 is 1.65 bits per heavy atom. The summed E-state index contributed by atoms with van der Waals surface area (Å²) in [5.74, 6) is -0.161. The molecule has 0 aliphatic carbocycles. The van der Waals surface area contributed by atoms with Crippen LogP contribution >= 0.6 is 23.7 Å². The van der Waals surface area contributed by atoms with Crippen LogP contribution in [0.5, 0.6) is 0 Å². The van der Waals surface area contributed by atoms with Crippen LogP contribution in [0.25, 0.3) is 0 Å². The summed E-state index contributed by atoms with van der Waals surface area (Å²) in [6, 6.07) is 0. The lowest BCUT2D eigenvalue weighted by Gasteiger charge is -2.21. The van der Waals surface area contributed by atoms with Crippen LogP contribution < -0.4 is 10.6 Å². The first-order valence-electron chi connectivity index (χ1n) is 5.25. The Bertz CT molecular complexity index is 368. The van der Waals surface area contributed by atoms with Gasteiger partial charge in [0.05, 0.1) is 6.61 Å². The molecule has 0 radical (unpaired) electrons. The quantitative estimate of drug-likeness (QED) is 0.840. The summed E-state index contributed by atoms with van der Waals surface area (Å²) < 4.78 is 5.33. The smallest absolute Gasteiger partial charge is 0.256 e. The molecule has 1 aliphatic rings. The number of hydrogen-bond acceptors (Lipinski definition) is 6. The van der Waals surface area contributed by atoms with E-state index in [9.17, 15) is 4.79 Å². The Morgan fingerprint density at radius 2 is 2.47 bits per heavy atom. The Morgan fingerprint density at radius 3 is 3.06 bits per heavy atom. The van der Waals surface area contributed by atoms with Crippen molar-refractivity contribution in [3.63, 3.8) is 0 Å². The summed E-state index contributed by atoms with van der Waals surface area (Å²) in [5, 5.41) is 15.1. The minimum atomic E-state index is -0.428. The number of anilines is 1. The highest BCUT2D eigenvalue weighted by molar-refractivity contribution is 7.15. The van der Waals surface area contributed by atoms with Gasteiger partial charge in [-0.1, -0.05) is 18.3 Å². The molecule has 8 heteroatoms. The summed E-state index contributed by atoms with van der Waals surface area (Å²) in [4.78, 5) is 11.7. The number of carbonyl (C=O) groups excluding carboxylic acids is 1. The van der Waals surface area contributed by atoms with Crippen LogP contribution in [0.4, 0.5) is 5.13 Å². The second-order valence-corrected chi connectivity index (χ2v) is 4.47. The highest BCUT2D eigenvalue weighted by Crippen LogP contribution is 2.15. The third-order valence-electron chi connectivity index (χ3n) is 2.22. The number of hydrogen-bond donors (Lipinski definition) is 2. The maximum atomic E-state index is 11.7. The number of halogens is 1. The Kier molecular flexibility index (Phi) is 5.76. The van der Waals surface area contributed by atoms with E-state index in [1.165, 1.54) is 11.3 Å². The van der Waals surface area contributed by atoms with E-state index < -0.39 is 6.10 Å². The standard InChI is InChI=1S/C9H14N4O2S.ClH/c1-2-7-12-13-9(16-7)11-8(14)6-5-10-3-4-15-6;/h6,10H,2-5H2,1H3,(H,11,13,14);1H. The summed E-state index contributed by atoms with van der Waals surface area (Å²) >= 11 is 1.40. The number of nitrogens with zero attached hydrogens (tertiary/aromatic N) is 2. The fourth-order valence-corrected chi connectivity index (χ4v) is 2.05. The second-order valence-electron chi connectivity index (χ2n) is 3.41. The van der Waals surface area contributed by atoms with E-state index in [1.807, 2.05) is 6.92 Å². The van der Waals surface area contributed by atoms with Crippen molar-refractivity contribution >= 4 is 34.8 Å². The van der Waals surface area contributed by atoms with Crippen molar-refractivity contribution in [2.24, 2.45) is 0 Å². The van der Waals surface area contributed by atoms with Gasteiger partial charge in [0.2, 0.25) is 5.13 Å². The summed E-state index contributed by atoms with van der Waals surface area (Å²) in [6.07, 6.45) is 0.400. The monoisotopic (exact) mass is 278 g/mol. The van der Waals surface area contributed by atoms with E-state index in [0.717, 1.165) is 18.0 Å². The van der Waals surface area contributed by atoms with Gasteiger partial charge in [-0.15, -0.1) is 22.6 Å². The maximum absolute atomic E-state index is 11.7. The van der Waals surface area contributed by atoms with Gasteiger partial charge in [0.15, 0.2) is 0 Å². The molecule has 1 fully saturated rings. The lowest BCUT2D eigenvalue weighted by molar-refractivity contribution is -0.128. The number of rotatable bonds is 3. The fraction of sp³-hybridized carbons (Fsp3) is 0.667. The van der Waals surface area contributed by atoms with Gasteiger partial charge in [-0.2, -0.15) is 0 Å². The topological polar surface area (TPSA) is 76.1 Å². The predicted octanol–water partition coefficient (Wildman–Crippen LogP) is 0.449. The number of ether oxygens (including phenoxy) is 1. The van der Waals surface area contributed by atoms with Crippen molar-refractivity contribution in [1.29, 1.82) is 0 Å². The zero-order valence-electron chi connectivity index (χ0n) is 9.43. The van der Waals surface area contributed by atoms with Gasteiger partial charge in [0.1, 0.15) is 11.1 Å². The zero-order chi connectivity index (χ0) is 11.4. The van der Waals surface area contributed by atoms with Gasteiger partial charge in [-0.05, 0) is 6.42 Å². The fourth-order valence-electron chi connectivity index (χ4n) is 1.37. The SMILES string of the molecule is CCc1nnc(NC(=O)C2CNCCO2)s1.Cl. The van der Waals surface area contributed by atoms with Crippen molar-refractivity contribution in [2.45, 2.75) is 19.4 Å². The van der Waals surface area contributed by atoms with Crippen molar-refractivity contribution < 1.29 is 9.53 Å². The van der Waals surface area contributed by atoms with Crippen molar-refractivity contribution in [3.05, 3.63) is 5.01 Å². The molecule has 0 saturated carbocycles. The molecule has 1 aromatic heterocycles. The first-order valence-corrected chi connectivity index (χ1v) is 6.07. The average molecular weight is 279 g/mol. The Hall–Kier alpha value is -0.760. The first-order chi connectivity index (χ1) is 7.79. The number of aryl methyl sites for hydroxylation is 1. The molecule has 0 bridgehead atoms. The predicted molar refractivity (Wildman–Crippen MR) is 67.8 cm³/mol. The number of aromatic nitrogens is 2. The van der Waals surface area contributed by atoms with Crippen LogP contribution in [-0.4, -0.2) is 41.9 Å². The minimum Gasteiger partial charge on any atom is -0.366 e. The molecule has 2 rings (SSSR count). The van der Waals surface area contributed by atoms with E-state index in [0.29, 0.717) is 18.3 Å². The molecule has 0 aromatic carbocycles. The number of amides is 1. The molecule has 1 aromatic rings. The van der Waals surface area contributed by atoms with E-state index in [2.05, 4.69) is 20.8 Å². The van der Waals surface area contributed by atoms with E-state index in [4.69, 9.17) is 4.74 Å². The Labute approximate surface area is 110 Å². The molecular formula is C9H15ClN4O2S.